The minimum absolute atomic E-state index is 0. The van der Waals surface area contributed by atoms with Gasteiger partial charge in [-0.15, -0.1) is 94.5 Å². The molecule has 0 N–H and O–H groups in total. The van der Waals surface area contributed by atoms with Crippen molar-refractivity contribution < 1.29 is 20.1 Å². The number of hydrogen-bond acceptors (Lipinski definition) is 3. The van der Waals surface area contributed by atoms with Crippen LogP contribution in [0, 0.1) is 18.2 Å². The number of pyridine rings is 3. The van der Waals surface area contributed by atoms with E-state index in [4.69, 9.17) is 4.98 Å². The van der Waals surface area contributed by atoms with E-state index in [0.29, 0.717) is 0 Å². The van der Waals surface area contributed by atoms with E-state index in [-0.39, 0.29) is 20.1 Å². The second kappa shape index (κ2) is 22.6. The van der Waals surface area contributed by atoms with Crippen LogP contribution in [0.25, 0.3) is 106 Å². The minimum atomic E-state index is 0. The summed E-state index contributed by atoms with van der Waals surface area (Å²) >= 11 is 0. The van der Waals surface area contributed by atoms with Crippen LogP contribution in [0.1, 0.15) is 22.3 Å². The molecule has 0 radical (unpaired) electrons. The number of nitrogens with zero attached hydrogens (tertiary/aromatic N) is 4. The molecule has 4 nitrogen and oxygen atoms in total. The first-order valence-electron chi connectivity index (χ1n) is 26.4. The number of aryl methyl sites for hydroxylation is 4. The van der Waals surface area contributed by atoms with Crippen molar-refractivity contribution in [2.75, 3.05) is 0 Å². The Morgan fingerprint density at radius 1 is 0.321 bits per heavy atom. The van der Waals surface area contributed by atoms with Gasteiger partial charge in [-0.25, -0.2) is 0 Å². The third-order valence-electron chi connectivity index (χ3n) is 14.7. The van der Waals surface area contributed by atoms with Crippen molar-refractivity contribution in [2.24, 2.45) is 0 Å². The predicted molar refractivity (Wildman–Crippen MR) is 316 cm³/mol. The summed E-state index contributed by atoms with van der Waals surface area (Å²) in [4.78, 5) is 14.3. The molecule has 5 heteroatoms. The van der Waals surface area contributed by atoms with Crippen molar-refractivity contribution in [2.45, 2.75) is 25.7 Å². The normalized spacial score (nSPS) is 11.2. The van der Waals surface area contributed by atoms with Crippen LogP contribution in [0.5, 0.6) is 0 Å². The Morgan fingerprint density at radius 2 is 0.872 bits per heavy atom. The van der Waals surface area contributed by atoms with E-state index in [2.05, 4.69) is 239 Å². The van der Waals surface area contributed by atoms with E-state index >= 15 is 0 Å². The van der Waals surface area contributed by atoms with Gasteiger partial charge in [-0.05, 0) is 99.2 Å². The molecule has 0 aliphatic carbocycles. The summed E-state index contributed by atoms with van der Waals surface area (Å²) in [6.45, 7) is 0. The van der Waals surface area contributed by atoms with Crippen molar-refractivity contribution in [1.29, 1.82) is 0 Å². The van der Waals surface area contributed by atoms with E-state index in [1.54, 1.807) is 0 Å². The second-order valence-corrected chi connectivity index (χ2v) is 19.6. The van der Waals surface area contributed by atoms with E-state index in [1.165, 1.54) is 49.9 Å². The molecule has 0 fully saturated rings. The molecular weight excluding hydrogens is 1130 g/mol. The Morgan fingerprint density at radius 3 is 1.50 bits per heavy atom. The molecule has 372 valence electrons. The first-order chi connectivity index (χ1) is 38.1. The number of benzene rings is 9. The second-order valence-electron chi connectivity index (χ2n) is 19.6. The van der Waals surface area contributed by atoms with Crippen LogP contribution in [0.4, 0.5) is 0 Å². The van der Waals surface area contributed by atoms with E-state index in [0.717, 1.165) is 104 Å². The number of fused-ring (bicyclic) bond motifs is 3. The zero-order chi connectivity index (χ0) is 51.3. The molecule has 4 heterocycles. The van der Waals surface area contributed by atoms with Crippen molar-refractivity contribution >= 4 is 21.8 Å². The van der Waals surface area contributed by atoms with Crippen LogP contribution in [-0.2, 0) is 45.8 Å². The first-order valence-corrected chi connectivity index (χ1v) is 26.4. The molecule has 0 aliphatic heterocycles. The van der Waals surface area contributed by atoms with Gasteiger partial charge in [0.1, 0.15) is 0 Å². The Balaban J connectivity index is 0.00000609. The fourth-order valence-electron chi connectivity index (χ4n) is 10.8. The van der Waals surface area contributed by atoms with Gasteiger partial charge in [0, 0.05) is 35.1 Å². The molecule has 4 aromatic heterocycles. The average molecular weight is 1180 g/mol. The van der Waals surface area contributed by atoms with Crippen molar-refractivity contribution in [1.82, 2.24) is 19.5 Å². The molecule has 0 saturated heterocycles. The average Bonchev–Trinajstić information content (AvgIpc) is 3.86. The molecule has 78 heavy (non-hydrogen) atoms. The standard InChI is InChI=1S/C73H51N4.Ir/c1-3-15-55(16-4-1)56-37-39-57(40-38-56)67-48-60(71-49-68-66-21-9-10-24-72(66)77(73(68)50-76-71)62-17-5-2-6-18-62)41-42-65(67)64-20-8-7-19-63(64)61-46-53(27-25-51-29-33-58(34-30-51)69-22-11-13-43-74-69)45-54(47-61)28-26-52-31-35-59(36-32-52)70-23-12-14-44-75-70;/h1-24,29-33,35,37-40,42-50H,25-28H2;/q-3;+3. The summed E-state index contributed by atoms with van der Waals surface area (Å²) in [5.74, 6) is 0. The fourth-order valence-corrected chi connectivity index (χ4v) is 10.8. The maximum Gasteiger partial charge on any atom is 3.00 e. The van der Waals surface area contributed by atoms with Crippen LogP contribution >= 0.6 is 0 Å². The van der Waals surface area contributed by atoms with Gasteiger partial charge in [-0.1, -0.05) is 193 Å². The molecule has 0 amide bonds. The Kier molecular flexibility index (Phi) is 14.4. The molecule has 0 atom stereocenters. The Bertz CT molecular complexity index is 4050. The van der Waals surface area contributed by atoms with Crippen LogP contribution < -0.4 is 0 Å². The van der Waals surface area contributed by atoms with Crippen molar-refractivity contribution in [3.8, 4) is 84.0 Å². The van der Waals surface area contributed by atoms with Gasteiger partial charge >= 0.3 is 20.1 Å². The van der Waals surface area contributed by atoms with Crippen molar-refractivity contribution in [3.05, 3.63) is 302 Å². The summed E-state index contributed by atoms with van der Waals surface area (Å²) in [5, 5.41) is 2.34. The number of rotatable bonds is 14. The Hall–Kier alpha value is -9.12. The fraction of sp³-hybridized carbons (Fsp3) is 0.0548. The smallest absolute Gasteiger partial charge is 0.308 e. The summed E-state index contributed by atoms with van der Waals surface area (Å²) < 4.78 is 2.31. The molecule has 9 aromatic carbocycles. The van der Waals surface area contributed by atoms with Gasteiger partial charge in [0.15, 0.2) is 0 Å². The number of para-hydroxylation sites is 2. The quantitative estimate of drug-likeness (QED) is 0.102. The Labute approximate surface area is 469 Å². The zero-order valence-electron chi connectivity index (χ0n) is 42.8. The number of hydrogen-bond donors (Lipinski definition) is 0. The first kappa shape index (κ1) is 49.7. The molecule has 13 aromatic rings. The van der Waals surface area contributed by atoms with Gasteiger partial charge in [0.05, 0.1) is 11.0 Å². The maximum atomic E-state index is 5.19. The van der Waals surface area contributed by atoms with Crippen molar-refractivity contribution in [3.63, 3.8) is 0 Å². The van der Waals surface area contributed by atoms with E-state index < -0.39 is 0 Å². The van der Waals surface area contributed by atoms with Crippen LogP contribution in [0.3, 0.4) is 0 Å². The van der Waals surface area contributed by atoms with Crippen LogP contribution in [0.15, 0.2) is 261 Å². The van der Waals surface area contributed by atoms with Gasteiger partial charge in [-0.2, -0.15) is 0 Å². The number of aromatic nitrogens is 4. The van der Waals surface area contributed by atoms with E-state index in [1.807, 2.05) is 55.0 Å². The minimum Gasteiger partial charge on any atom is -0.308 e. The summed E-state index contributed by atoms with van der Waals surface area (Å²) in [7, 11) is 0. The summed E-state index contributed by atoms with van der Waals surface area (Å²) in [6, 6.07) is 97.3. The van der Waals surface area contributed by atoms with Gasteiger partial charge in [0.25, 0.3) is 0 Å². The van der Waals surface area contributed by atoms with Gasteiger partial charge in [0.2, 0.25) is 0 Å². The SMILES string of the molecule is [Ir+3].[c-]1cc(CCc2cc(CCc3c[c-]c(-c4ccccn4)cc3)cc(-c3ccccc3-c3c[c-]c(-c4cc5c6ccccc6n(-c6ccccc6)c5cn4)cc3-c3ccc(-c4ccccc4)cc3)c2)ccc1-c1ccccn1. The zero-order valence-corrected chi connectivity index (χ0v) is 45.2. The monoisotopic (exact) mass is 1180 g/mol. The third-order valence-corrected chi connectivity index (χ3v) is 14.7. The molecule has 0 aliphatic rings. The molecule has 0 bridgehead atoms. The largest absolute Gasteiger partial charge is 3.00 e. The van der Waals surface area contributed by atoms with Crippen LogP contribution in [-0.4, -0.2) is 19.5 Å². The molecule has 0 unspecified atom stereocenters. The molecule has 13 rings (SSSR count). The maximum absolute atomic E-state index is 5.19. The predicted octanol–water partition coefficient (Wildman–Crippen LogP) is 17.6. The molecular formula is C73H51IrN4. The topological polar surface area (TPSA) is 43.6 Å². The van der Waals surface area contributed by atoms with E-state index in [9.17, 15) is 0 Å². The third kappa shape index (κ3) is 10.4. The summed E-state index contributed by atoms with van der Waals surface area (Å²) in [5.41, 5.74) is 23.3. The van der Waals surface area contributed by atoms with Gasteiger partial charge in [-0.3, -0.25) is 0 Å². The summed E-state index contributed by atoms with van der Waals surface area (Å²) in [6.07, 6.45) is 9.23. The molecule has 0 spiro atoms. The molecule has 0 saturated carbocycles. The van der Waals surface area contributed by atoms with Gasteiger partial charge < -0.3 is 19.5 Å². The van der Waals surface area contributed by atoms with Crippen LogP contribution in [0.2, 0.25) is 0 Å².